The number of carbonyl (C=O) groups is 1. The molecule has 0 atom stereocenters. The summed E-state index contributed by atoms with van der Waals surface area (Å²) in [6.07, 6.45) is 0. The summed E-state index contributed by atoms with van der Waals surface area (Å²) in [4.78, 5) is 11.7. The lowest BCUT2D eigenvalue weighted by Gasteiger charge is -2.16. The second kappa shape index (κ2) is 5.55. The monoisotopic (exact) mass is 326 g/mol. The van der Waals surface area contributed by atoms with Gasteiger partial charge in [-0.2, -0.15) is 21.6 Å². The topological polar surface area (TPSA) is 69.7 Å². The molecule has 5 nitrogen and oxygen atoms in total. The van der Waals surface area contributed by atoms with Gasteiger partial charge in [0.05, 0.1) is 7.11 Å². The molecule has 0 radical (unpaired) electrons. The molecule has 1 aromatic carbocycles. The van der Waals surface area contributed by atoms with Gasteiger partial charge in [-0.25, -0.2) is 4.79 Å². The minimum atomic E-state index is -5.87. The second-order valence-electron chi connectivity index (χ2n) is 4.29. The van der Waals surface area contributed by atoms with Crippen molar-refractivity contribution in [1.29, 1.82) is 0 Å². The molecule has 0 saturated heterocycles. The number of methoxy groups -OCH3 is 1. The van der Waals surface area contributed by atoms with E-state index in [9.17, 15) is 26.4 Å². The zero-order chi connectivity index (χ0) is 16.6. The van der Waals surface area contributed by atoms with Crippen molar-refractivity contribution < 1.29 is 35.3 Å². The first-order chi connectivity index (χ1) is 9.42. The summed E-state index contributed by atoms with van der Waals surface area (Å²) in [7, 11) is -4.84. The quantitative estimate of drug-likeness (QED) is 0.485. The van der Waals surface area contributed by atoms with Crippen LogP contribution in [0.3, 0.4) is 0 Å². The highest BCUT2D eigenvalue weighted by atomic mass is 32.2. The molecule has 1 aromatic rings. The van der Waals surface area contributed by atoms with Gasteiger partial charge < -0.3 is 8.92 Å². The van der Waals surface area contributed by atoms with E-state index in [1.807, 2.05) is 0 Å². The Morgan fingerprint density at radius 2 is 1.67 bits per heavy atom. The first-order valence-electron chi connectivity index (χ1n) is 5.62. The minimum Gasteiger partial charge on any atom is -0.465 e. The highest BCUT2D eigenvalue weighted by Crippen LogP contribution is 2.33. The Hall–Kier alpha value is -1.77. The summed E-state index contributed by atoms with van der Waals surface area (Å²) in [5.41, 5.74) is -4.56. The normalized spacial score (nSPS) is 12.1. The molecular formula is C12H13F3O5S. The standard InChI is InChI=1S/C12H13F3O5S/c1-6-5-9(20-21(17,18)12(13,14)15)10(11(16)19-4)8(3)7(6)2/h5H,1-4H3. The number of hydrogen-bond donors (Lipinski definition) is 0. The van der Waals surface area contributed by atoms with Crippen molar-refractivity contribution in [1.82, 2.24) is 0 Å². The van der Waals surface area contributed by atoms with E-state index >= 15 is 0 Å². The highest BCUT2D eigenvalue weighted by molar-refractivity contribution is 7.88. The molecule has 118 valence electrons. The lowest BCUT2D eigenvalue weighted by Crippen LogP contribution is -2.29. The maximum Gasteiger partial charge on any atom is 0.534 e. The van der Waals surface area contributed by atoms with E-state index in [0.717, 1.165) is 13.2 Å². The van der Waals surface area contributed by atoms with Crippen LogP contribution in [0.4, 0.5) is 13.2 Å². The summed E-state index contributed by atoms with van der Waals surface area (Å²) in [5, 5.41) is 0. The maximum atomic E-state index is 12.4. The van der Waals surface area contributed by atoms with Crippen molar-refractivity contribution in [2.24, 2.45) is 0 Å². The van der Waals surface area contributed by atoms with Crippen molar-refractivity contribution in [3.63, 3.8) is 0 Å². The van der Waals surface area contributed by atoms with Crippen molar-refractivity contribution in [2.45, 2.75) is 26.3 Å². The summed E-state index contributed by atoms with van der Waals surface area (Å²) < 4.78 is 67.9. The minimum absolute atomic E-state index is 0.286. The molecule has 0 amide bonds. The predicted molar refractivity (Wildman–Crippen MR) is 67.6 cm³/mol. The summed E-state index contributed by atoms with van der Waals surface area (Å²) in [6.45, 7) is 4.65. The molecule has 0 aliphatic rings. The molecule has 0 saturated carbocycles. The van der Waals surface area contributed by atoms with E-state index in [-0.39, 0.29) is 11.1 Å². The Morgan fingerprint density at radius 3 is 2.10 bits per heavy atom. The van der Waals surface area contributed by atoms with Gasteiger partial charge in [-0.05, 0) is 43.5 Å². The average molecular weight is 326 g/mol. The van der Waals surface area contributed by atoms with Crippen molar-refractivity contribution in [3.05, 3.63) is 28.3 Å². The fourth-order valence-electron chi connectivity index (χ4n) is 1.63. The summed E-state index contributed by atoms with van der Waals surface area (Å²) in [5.74, 6) is -1.69. The van der Waals surface area contributed by atoms with E-state index < -0.39 is 27.3 Å². The Morgan fingerprint density at radius 1 is 1.14 bits per heavy atom. The van der Waals surface area contributed by atoms with Crippen LogP contribution >= 0.6 is 0 Å². The van der Waals surface area contributed by atoms with Crippen LogP contribution in [-0.2, 0) is 14.9 Å². The third-order valence-electron chi connectivity index (χ3n) is 3.00. The molecule has 9 heteroatoms. The Labute approximate surface area is 119 Å². The van der Waals surface area contributed by atoms with Gasteiger partial charge in [0.15, 0.2) is 5.75 Å². The second-order valence-corrected chi connectivity index (χ2v) is 5.83. The van der Waals surface area contributed by atoms with E-state index in [1.165, 1.54) is 6.92 Å². The lowest BCUT2D eigenvalue weighted by atomic mass is 9.98. The molecule has 0 aromatic heterocycles. The number of ether oxygens (including phenoxy) is 1. The smallest absolute Gasteiger partial charge is 0.465 e. The number of aryl methyl sites for hydroxylation is 1. The van der Waals surface area contributed by atoms with E-state index in [1.54, 1.807) is 13.8 Å². The molecule has 0 unspecified atom stereocenters. The Kier molecular flexibility index (Phi) is 4.57. The van der Waals surface area contributed by atoms with Crippen LogP contribution < -0.4 is 4.18 Å². The molecule has 0 spiro atoms. The van der Waals surface area contributed by atoms with Crippen molar-refractivity contribution in [2.75, 3.05) is 7.11 Å². The molecule has 0 aliphatic heterocycles. The summed E-state index contributed by atoms with van der Waals surface area (Å²) in [6, 6.07) is 1.05. The molecular weight excluding hydrogens is 313 g/mol. The predicted octanol–water partition coefficient (Wildman–Crippen LogP) is 2.63. The third kappa shape index (κ3) is 3.29. The molecule has 0 fully saturated rings. The average Bonchev–Trinajstić information content (AvgIpc) is 2.34. The van der Waals surface area contributed by atoms with Crippen LogP contribution in [0.2, 0.25) is 0 Å². The van der Waals surface area contributed by atoms with Gasteiger partial charge in [-0.1, -0.05) is 0 Å². The van der Waals surface area contributed by atoms with Crippen LogP contribution in [0, 0.1) is 20.8 Å². The van der Waals surface area contributed by atoms with Crippen LogP contribution in [0.5, 0.6) is 5.75 Å². The zero-order valence-corrected chi connectivity index (χ0v) is 12.5. The molecule has 1 rings (SSSR count). The number of benzene rings is 1. The lowest BCUT2D eigenvalue weighted by molar-refractivity contribution is -0.0500. The number of esters is 1. The van der Waals surface area contributed by atoms with Gasteiger partial charge in [0.25, 0.3) is 0 Å². The summed E-state index contributed by atoms with van der Waals surface area (Å²) >= 11 is 0. The van der Waals surface area contributed by atoms with E-state index in [4.69, 9.17) is 0 Å². The van der Waals surface area contributed by atoms with Gasteiger partial charge >= 0.3 is 21.6 Å². The van der Waals surface area contributed by atoms with Gasteiger partial charge in [0.2, 0.25) is 0 Å². The van der Waals surface area contributed by atoms with Gasteiger partial charge in [0.1, 0.15) is 5.56 Å². The maximum absolute atomic E-state index is 12.4. The molecule has 0 bridgehead atoms. The third-order valence-corrected chi connectivity index (χ3v) is 3.96. The highest BCUT2D eigenvalue weighted by Gasteiger charge is 2.49. The number of halogens is 3. The van der Waals surface area contributed by atoms with E-state index in [0.29, 0.717) is 11.1 Å². The number of hydrogen-bond acceptors (Lipinski definition) is 5. The number of rotatable bonds is 3. The van der Waals surface area contributed by atoms with Crippen molar-refractivity contribution in [3.8, 4) is 5.75 Å². The molecule has 0 N–H and O–H groups in total. The SMILES string of the molecule is COC(=O)c1c(OS(=O)(=O)C(F)(F)F)cc(C)c(C)c1C. The fraction of sp³-hybridized carbons (Fsp3) is 0.417. The molecule has 0 aliphatic carbocycles. The van der Waals surface area contributed by atoms with Crippen LogP contribution in [0.25, 0.3) is 0 Å². The van der Waals surface area contributed by atoms with Gasteiger partial charge in [-0.15, -0.1) is 0 Å². The number of carbonyl (C=O) groups excluding carboxylic acids is 1. The van der Waals surface area contributed by atoms with Crippen LogP contribution in [-0.4, -0.2) is 27.0 Å². The van der Waals surface area contributed by atoms with Crippen LogP contribution in [0.1, 0.15) is 27.0 Å². The van der Waals surface area contributed by atoms with Crippen molar-refractivity contribution >= 4 is 16.1 Å². The van der Waals surface area contributed by atoms with E-state index in [2.05, 4.69) is 8.92 Å². The molecule has 0 heterocycles. The van der Waals surface area contributed by atoms with Gasteiger partial charge in [-0.3, -0.25) is 0 Å². The number of alkyl halides is 3. The zero-order valence-electron chi connectivity index (χ0n) is 11.7. The van der Waals surface area contributed by atoms with Gasteiger partial charge in [0, 0.05) is 0 Å². The Bertz CT molecular complexity index is 677. The first kappa shape index (κ1) is 17.3. The largest absolute Gasteiger partial charge is 0.534 e. The van der Waals surface area contributed by atoms with Crippen LogP contribution in [0.15, 0.2) is 6.07 Å². The molecule has 21 heavy (non-hydrogen) atoms. The fourth-order valence-corrected chi connectivity index (χ4v) is 2.09. The Balaban J connectivity index is 3.54. The first-order valence-corrected chi connectivity index (χ1v) is 7.03.